The third-order valence-electron chi connectivity index (χ3n) is 2.11. The van der Waals surface area contributed by atoms with Crippen LogP contribution in [0.25, 0.3) is 0 Å². The van der Waals surface area contributed by atoms with Crippen molar-refractivity contribution in [3.63, 3.8) is 0 Å². The summed E-state index contributed by atoms with van der Waals surface area (Å²) in [7, 11) is 3.15. The average Bonchev–Trinajstić information content (AvgIpc) is 2.13. The second-order valence-corrected chi connectivity index (χ2v) is 3.64. The summed E-state index contributed by atoms with van der Waals surface area (Å²) in [6, 6.07) is 0. The van der Waals surface area contributed by atoms with E-state index in [1.807, 2.05) is 6.26 Å². The quantitative estimate of drug-likeness (QED) is 0.605. The SMILES string of the molecule is CSc1c(C)n(C)c(=O)n(C)c1=O. The van der Waals surface area contributed by atoms with E-state index in [1.165, 1.54) is 23.4 Å². The van der Waals surface area contributed by atoms with Crippen molar-refractivity contribution in [1.82, 2.24) is 9.13 Å². The molecule has 1 aromatic heterocycles. The predicted molar refractivity (Wildman–Crippen MR) is 53.4 cm³/mol. The van der Waals surface area contributed by atoms with E-state index in [0.29, 0.717) is 4.90 Å². The van der Waals surface area contributed by atoms with Crippen molar-refractivity contribution >= 4 is 11.8 Å². The van der Waals surface area contributed by atoms with Crippen molar-refractivity contribution in [3.8, 4) is 0 Å². The molecule has 0 saturated heterocycles. The van der Waals surface area contributed by atoms with E-state index in [1.54, 1.807) is 14.0 Å². The van der Waals surface area contributed by atoms with Gasteiger partial charge in [0.05, 0.1) is 4.90 Å². The fourth-order valence-electron chi connectivity index (χ4n) is 1.15. The largest absolute Gasteiger partial charge is 0.330 e. The van der Waals surface area contributed by atoms with Crippen molar-refractivity contribution in [2.24, 2.45) is 14.1 Å². The van der Waals surface area contributed by atoms with Gasteiger partial charge in [-0.25, -0.2) is 4.79 Å². The van der Waals surface area contributed by atoms with Crippen molar-refractivity contribution in [2.45, 2.75) is 11.8 Å². The highest BCUT2D eigenvalue weighted by molar-refractivity contribution is 7.98. The van der Waals surface area contributed by atoms with Crippen LogP contribution in [0.2, 0.25) is 0 Å². The lowest BCUT2D eigenvalue weighted by molar-refractivity contribution is 0.641. The maximum absolute atomic E-state index is 11.5. The van der Waals surface area contributed by atoms with Crippen LogP contribution in [0.1, 0.15) is 5.69 Å². The van der Waals surface area contributed by atoms with Gasteiger partial charge in [0.25, 0.3) is 5.56 Å². The summed E-state index contributed by atoms with van der Waals surface area (Å²) in [5, 5.41) is 0. The molecule has 0 aliphatic carbocycles. The zero-order chi connectivity index (χ0) is 10.2. The molecule has 1 rings (SSSR count). The van der Waals surface area contributed by atoms with Gasteiger partial charge in [0.1, 0.15) is 0 Å². The Labute approximate surface area is 80.2 Å². The van der Waals surface area contributed by atoms with E-state index >= 15 is 0 Å². The molecule has 0 unspecified atom stereocenters. The molecule has 0 saturated carbocycles. The molecule has 4 nitrogen and oxygen atoms in total. The van der Waals surface area contributed by atoms with E-state index in [-0.39, 0.29) is 11.2 Å². The minimum Gasteiger partial charge on any atom is -0.300 e. The third-order valence-corrected chi connectivity index (χ3v) is 2.99. The molecule has 5 heteroatoms. The first-order chi connectivity index (χ1) is 6.00. The minimum absolute atomic E-state index is 0.215. The summed E-state index contributed by atoms with van der Waals surface area (Å²) >= 11 is 1.37. The Balaban J connectivity index is 3.78. The lowest BCUT2D eigenvalue weighted by Gasteiger charge is -2.09. The second-order valence-electron chi connectivity index (χ2n) is 2.82. The predicted octanol–water partition coefficient (Wildman–Crippen LogP) is 0.114. The molecule has 0 N–H and O–H groups in total. The van der Waals surface area contributed by atoms with Gasteiger partial charge >= 0.3 is 5.69 Å². The Morgan fingerprint density at radius 2 is 1.69 bits per heavy atom. The second kappa shape index (κ2) is 3.41. The highest BCUT2D eigenvalue weighted by Crippen LogP contribution is 2.11. The van der Waals surface area contributed by atoms with E-state index in [2.05, 4.69) is 0 Å². The first-order valence-corrected chi connectivity index (χ1v) is 5.03. The maximum Gasteiger partial charge on any atom is 0.330 e. The zero-order valence-corrected chi connectivity index (χ0v) is 8.94. The minimum atomic E-state index is -0.277. The molecule has 0 bridgehead atoms. The van der Waals surface area contributed by atoms with Crippen LogP contribution in [-0.2, 0) is 14.1 Å². The fourth-order valence-corrected chi connectivity index (χ4v) is 1.89. The van der Waals surface area contributed by atoms with Crippen LogP contribution in [0.5, 0.6) is 0 Å². The van der Waals surface area contributed by atoms with Gasteiger partial charge in [-0.2, -0.15) is 0 Å². The van der Waals surface area contributed by atoms with Gasteiger partial charge in [-0.15, -0.1) is 11.8 Å². The molecule has 13 heavy (non-hydrogen) atoms. The standard InChI is InChI=1S/C8H12N2O2S/c1-5-6(13-4)7(11)10(3)8(12)9(5)2/h1-4H3. The molecule has 0 aliphatic heterocycles. The molecule has 0 amide bonds. The third kappa shape index (κ3) is 1.44. The zero-order valence-electron chi connectivity index (χ0n) is 8.12. The van der Waals surface area contributed by atoms with Crippen molar-refractivity contribution < 1.29 is 0 Å². The smallest absolute Gasteiger partial charge is 0.300 e. The number of rotatable bonds is 1. The number of nitrogens with zero attached hydrogens (tertiary/aromatic N) is 2. The van der Waals surface area contributed by atoms with Crippen molar-refractivity contribution in [3.05, 3.63) is 26.5 Å². The fraction of sp³-hybridized carbons (Fsp3) is 0.500. The van der Waals surface area contributed by atoms with Gasteiger partial charge in [-0.1, -0.05) is 0 Å². The Bertz CT molecular complexity index is 445. The number of hydrogen-bond donors (Lipinski definition) is 0. The van der Waals surface area contributed by atoms with Crippen LogP contribution in [-0.4, -0.2) is 15.4 Å². The van der Waals surface area contributed by atoms with E-state index in [4.69, 9.17) is 0 Å². The van der Waals surface area contributed by atoms with Gasteiger partial charge in [0.2, 0.25) is 0 Å². The lowest BCUT2D eigenvalue weighted by atomic mass is 10.4. The summed E-state index contributed by atoms with van der Waals surface area (Å²) in [4.78, 5) is 23.5. The van der Waals surface area contributed by atoms with Gasteiger partial charge in [-0.3, -0.25) is 13.9 Å². The van der Waals surface area contributed by atoms with E-state index in [0.717, 1.165) is 10.3 Å². The highest BCUT2D eigenvalue weighted by Gasteiger charge is 2.10. The molecular formula is C8H12N2O2S. The molecule has 72 valence electrons. The van der Waals surface area contributed by atoms with Gasteiger partial charge in [-0.05, 0) is 13.2 Å². The van der Waals surface area contributed by atoms with Crippen molar-refractivity contribution in [1.29, 1.82) is 0 Å². The van der Waals surface area contributed by atoms with Crippen LogP contribution in [0, 0.1) is 6.92 Å². The van der Waals surface area contributed by atoms with Crippen LogP contribution >= 0.6 is 11.8 Å². The van der Waals surface area contributed by atoms with E-state index in [9.17, 15) is 9.59 Å². The Morgan fingerprint density at radius 1 is 1.15 bits per heavy atom. The summed E-state index contributed by atoms with van der Waals surface area (Å²) in [5.74, 6) is 0. The molecule has 0 aromatic carbocycles. The molecule has 0 aliphatic rings. The first-order valence-electron chi connectivity index (χ1n) is 3.81. The molecular weight excluding hydrogens is 188 g/mol. The van der Waals surface area contributed by atoms with Crippen LogP contribution in [0.4, 0.5) is 0 Å². The van der Waals surface area contributed by atoms with Crippen molar-refractivity contribution in [2.75, 3.05) is 6.26 Å². The monoisotopic (exact) mass is 200 g/mol. The topological polar surface area (TPSA) is 44.0 Å². The van der Waals surface area contributed by atoms with E-state index < -0.39 is 0 Å². The Hall–Kier alpha value is -0.970. The van der Waals surface area contributed by atoms with Crippen LogP contribution < -0.4 is 11.2 Å². The molecule has 1 heterocycles. The Morgan fingerprint density at radius 3 is 2.15 bits per heavy atom. The number of hydrogen-bond acceptors (Lipinski definition) is 3. The summed E-state index contributed by atoms with van der Waals surface area (Å²) in [5.41, 5.74) is 0.231. The van der Waals surface area contributed by atoms with Crippen LogP contribution in [0.3, 0.4) is 0 Å². The Kier molecular flexibility index (Phi) is 2.66. The molecule has 0 fully saturated rings. The maximum atomic E-state index is 11.5. The van der Waals surface area contributed by atoms with Gasteiger partial charge in [0, 0.05) is 19.8 Å². The highest BCUT2D eigenvalue weighted by atomic mass is 32.2. The van der Waals surface area contributed by atoms with Crippen LogP contribution in [0.15, 0.2) is 14.5 Å². The molecule has 1 aromatic rings. The van der Waals surface area contributed by atoms with Gasteiger partial charge in [0.15, 0.2) is 0 Å². The first kappa shape index (κ1) is 10.1. The summed E-state index contributed by atoms with van der Waals surface area (Å²) in [6.45, 7) is 1.77. The molecule has 0 spiro atoms. The number of aromatic nitrogens is 2. The normalized spacial score (nSPS) is 10.5. The average molecular weight is 200 g/mol. The number of thioether (sulfide) groups is 1. The molecule has 0 atom stereocenters. The van der Waals surface area contributed by atoms with Gasteiger partial charge < -0.3 is 0 Å². The summed E-state index contributed by atoms with van der Waals surface area (Å²) in [6.07, 6.45) is 1.83. The lowest BCUT2D eigenvalue weighted by Crippen LogP contribution is -2.39. The molecule has 0 radical (unpaired) electrons. The summed E-state index contributed by atoms with van der Waals surface area (Å²) < 4.78 is 2.60.